The molecular formula is C21H24N4O3. The Morgan fingerprint density at radius 2 is 1.64 bits per heavy atom. The van der Waals surface area contributed by atoms with Crippen LogP contribution in [0.3, 0.4) is 0 Å². The summed E-state index contributed by atoms with van der Waals surface area (Å²) in [7, 11) is 3.20. The summed E-state index contributed by atoms with van der Waals surface area (Å²) in [6, 6.07) is 10.9. The summed E-state index contributed by atoms with van der Waals surface area (Å²) in [6.45, 7) is 4.34. The Morgan fingerprint density at radius 3 is 2.36 bits per heavy atom. The molecule has 0 atom stereocenters. The molecule has 1 heterocycles. The van der Waals surface area contributed by atoms with Crippen molar-refractivity contribution >= 4 is 22.8 Å². The second-order valence-electron chi connectivity index (χ2n) is 6.42. The van der Waals surface area contributed by atoms with Crippen LogP contribution in [0.25, 0.3) is 11.0 Å². The standard InChI is InChI=1S/C21H24N4O3/c1-13-14(2)24-18-12-16(6-7-17(18)23-13)25-21(26)22-10-9-15-5-8-19(27-3)20(11-15)28-4/h5-8,11-12H,9-10H2,1-4H3,(H2,22,25,26). The highest BCUT2D eigenvalue weighted by Gasteiger charge is 2.07. The third-order valence-corrected chi connectivity index (χ3v) is 4.48. The van der Waals surface area contributed by atoms with Gasteiger partial charge in [-0.15, -0.1) is 0 Å². The quantitative estimate of drug-likeness (QED) is 0.682. The van der Waals surface area contributed by atoms with Gasteiger partial charge in [-0.3, -0.25) is 0 Å². The molecule has 2 aromatic carbocycles. The van der Waals surface area contributed by atoms with Crippen LogP contribution in [0.5, 0.6) is 11.5 Å². The lowest BCUT2D eigenvalue weighted by Gasteiger charge is -2.11. The average molecular weight is 380 g/mol. The first-order valence-corrected chi connectivity index (χ1v) is 9.01. The van der Waals surface area contributed by atoms with Crippen molar-refractivity contribution in [1.82, 2.24) is 15.3 Å². The molecule has 0 aliphatic heterocycles. The van der Waals surface area contributed by atoms with Gasteiger partial charge in [-0.2, -0.15) is 0 Å². The van der Waals surface area contributed by atoms with Crippen molar-refractivity contribution in [3.63, 3.8) is 0 Å². The molecule has 0 fully saturated rings. The van der Waals surface area contributed by atoms with E-state index in [1.54, 1.807) is 14.2 Å². The summed E-state index contributed by atoms with van der Waals surface area (Å²) in [5, 5.41) is 5.69. The lowest BCUT2D eigenvalue weighted by atomic mass is 10.1. The molecule has 28 heavy (non-hydrogen) atoms. The smallest absolute Gasteiger partial charge is 0.319 e. The molecule has 0 radical (unpaired) electrons. The number of hydrogen-bond acceptors (Lipinski definition) is 5. The van der Waals surface area contributed by atoms with Gasteiger partial charge in [-0.1, -0.05) is 6.07 Å². The lowest BCUT2D eigenvalue weighted by Crippen LogP contribution is -2.30. The number of nitrogens with one attached hydrogen (secondary N) is 2. The summed E-state index contributed by atoms with van der Waals surface area (Å²) in [5.74, 6) is 1.36. The SMILES string of the molecule is COc1ccc(CCNC(=O)Nc2ccc3nc(C)c(C)nc3c2)cc1OC. The maximum absolute atomic E-state index is 12.2. The molecule has 7 heteroatoms. The number of rotatable bonds is 6. The topological polar surface area (TPSA) is 85.4 Å². The van der Waals surface area contributed by atoms with Crippen molar-refractivity contribution in [3.05, 3.63) is 53.3 Å². The van der Waals surface area contributed by atoms with Gasteiger partial charge < -0.3 is 20.1 Å². The van der Waals surface area contributed by atoms with Crippen LogP contribution in [0, 0.1) is 13.8 Å². The highest BCUT2D eigenvalue weighted by molar-refractivity contribution is 5.91. The molecule has 0 saturated heterocycles. The number of carbonyl (C=O) groups is 1. The fraction of sp³-hybridized carbons (Fsp3) is 0.286. The minimum absolute atomic E-state index is 0.267. The van der Waals surface area contributed by atoms with E-state index in [1.807, 2.05) is 50.2 Å². The molecular weight excluding hydrogens is 356 g/mol. The van der Waals surface area contributed by atoms with Gasteiger partial charge in [0.25, 0.3) is 0 Å². The maximum Gasteiger partial charge on any atom is 0.319 e. The number of amides is 2. The van der Waals surface area contributed by atoms with E-state index >= 15 is 0 Å². The highest BCUT2D eigenvalue weighted by atomic mass is 16.5. The molecule has 0 unspecified atom stereocenters. The fourth-order valence-electron chi connectivity index (χ4n) is 2.84. The van der Waals surface area contributed by atoms with E-state index in [0.29, 0.717) is 30.2 Å². The van der Waals surface area contributed by atoms with Crippen LogP contribution in [0.2, 0.25) is 0 Å². The van der Waals surface area contributed by atoms with E-state index in [0.717, 1.165) is 28.0 Å². The van der Waals surface area contributed by atoms with Crippen LogP contribution in [-0.2, 0) is 6.42 Å². The van der Waals surface area contributed by atoms with Crippen LogP contribution in [-0.4, -0.2) is 36.8 Å². The van der Waals surface area contributed by atoms with Crippen LogP contribution in [0.4, 0.5) is 10.5 Å². The Kier molecular flexibility index (Phi) is 5.93. The fourth-order valence-corrected chi connectivity index (χ4v) is 2.84. The second kappa shape index (κ2) is 8.56. The third kappa shape index (κ3) is 4.49. The minimum Gasteiger partial charge on any atom is -0.493 e. The van der Waals surface area contributed by atoms with Gasteiger partial charge in [0.15, 0.2) is 11.5 Å². The van der Waals surface area contributed by atoms with E-state index in [-0.39, 0.29) is 6.03 Å². The Labute approximate surface area is 164 Å². The van der Waals surface area contributed by atoms with Crippen LogP contribution < -0.4 is 20.1 Å². The third-order valence-electron chi connectivity index (χ3n) is 4.48. The zero-order chi connectivity index (χ0) is 20.1. The zero-order valence-corrected chi connectivity index (χ0v) is 16.5. The number of benzene rings is 2. The van der Waals surface area contributed by atoms with E-state index in [1.165, 1.54) is 0 Å². The Bertz CT molecular complexity index is 1000. The van der Waals surface area contributed by atoms with E-state index in [9.17, 15) is 4.79 Å². The van der Waals surface area contributed by atoms with Crippen molar-refractivity contribution in [2.24, 2.45) is 0 Å². The first-order chi connectivity index (χ1) is 13.5. The summed E-state index contributed by atoms with van der Waals surface area (Å²) >= 11 is 0. The van der Waals surface area contributed by atoms with Gasteiger partial charge in [-0.25, -0.2) is 14.8 Å². The predicted molar refractivity (Wildman–Crippen MR) is 109 cm³/mol. The van der Waals surface area contributed by atoms with E-state index in [4.69, 9.17) is 9.47 Å². The number of aryl methyl sites for hydroxylation is 2. The van der Waals surface area contributed by atoms with Crippen molar-refractivity contribution in [2.45, 2.75) is 20.3 Å². The Hall–Kier alpha value is -3.35. The van der Waals surface area contributed by atoms with E-state index < -0.39 is 0 Å². The molecule has 3 rings (SSSR count). The van der Waals surface area contributed by atoms with Gasteiger partial charge in [0.05, 0.1) is 36.6 Å². The Morgan fingerprint density at radius 1 is 0.929 bits per heavy atom. The second-order valence-corrected chi connectivity index (χ2v) is 6.42. The number of ether oxygens (including phenoxy) is 2. The molecule has 2 N–H and O–H groups in total. The van der Waals surface area contributed by atoms with Crippen molar-refractivity contribution in [2.75, 3.05) is 26.1 Å². The van der Waals surface area contributed by atoms with Crippen LogP contribution >= 0.6 is 0 Å². The van der Waals surface area contributed by atoms with Crippen LogP contribution in [0.15, 0.2) is 36.4 Å². The Balaban J connectivity index is 1.57. The van der Waals surface area contributed by atoms with Crippen LogP contribution in [0.1, 0.15) is 17.0 Å². The van der Waals surface area contributed by atoms with Gasteiger partial charge in [-0.05, 0) is 56.2 Å². The summed E-state index contributed by atoms with van der Waals surface area (Å²) in [6.07, 6.45) is 0.676. The zero-order valence-electron chi connectivity index (χ0n) is 16.5. The molecule has 0 bridgehead atoms. The number of urea groups is 1. The summed E-state index contributed by atoms with van der Waals surface area (Å²) in [5.41, 5.74) is 5.07. The largest absolute Gasteiger partial charge is 0.493 e. The number of nitrogens with zero attached hydrogens (tertiary/aromatic N) is 2. The number of carbonyl (C=O) groups excluding carboxylic acids is 1. The van der Waals surface area contributed by atoms with Gasteiger partial charge in [0, 0.05) is 12.2 Å². The summed E-state index contributed by atoms with van der Waals surface area (Å²) < 4.78 is 10.5. The number of fused-ring (bicyclic) bond motifs is 1. The predicted octanol–water partition coefficient (Wildman–Crippen LogP) is 3.63. The lowest BCUT2D eigenvalue weighted by molar-refractivity contribution is 0.252. The number of methoxy groups -OCH3 is 2. The van der Waals surface area contributed by atoms with Crippen molar-refractivity contribution in [1.29, 1.82) is 0 Å². The normalized spacial score (nSPS) is 10.6. The molecule has 0 saturated carbocycles. The van der Waals surface area contributed by atoms with Gasteiger partial charge in [0.2, 0.25) is 0 Å². The first kappa shape index (κ1) is 19.4. The molecule has 0 aliphatic carbocycles. The first-order valence-electron chi connectivity index (χ1n) is 9.01. The molecule has 3 aromatic rings. The van der Waals surface area contributed by atoms with E-state index in [2.05, 4.69) is 20.6 Å². The molecule has 7 nitrogen and oxygen atoms in total. The molecule has 2 amide bonds. The summed E-state index contributed by atoms with van der Waals surface area (Å²) in [4.78, 5) is 21.2. The monoisotopic (exact) mass is 380 g/mol. The minimum atomic E-state index is -0.267. The van der Waals surface area contributed by atoms with Gasteiger partial charge in [0.1, 0.15) is 0 Å². The number of anilines is 1. The van der Waals surface area contributed by atoms with Crippen molar-refractivity contribution < 1.29 is 14.3 Å². The molecule has 0 aliphatic rings. The number of aromatic nitrogens is 2. The molecule has 0 spiro atoms. The highest BCUT2D eigenvalue weighted by Crippen LogP contribution is 2.27. The molecule has 146 valence electrons. The van der Waals surface area contributed by atoms with Crippen molar-refractivity contribution in [3.8, 4) is 11.5 Å². The maximum atomic E-state index is 12.2. The number of hydrogen-bond donors (Lipinski definition) is 2. The average Bonchev–Trinajstić information content (AvgIpc) is 2.69. The van der Waals surface area contributed by atoms with Gasteiger partial charge >= 0.3 is 6.03 Å². The molecule has 1 aromatic heterocycles.